The van der Waals surface area contributed by atoms with Crippen LogP contribution in [0.2, 0.25) is 0 Å². The predicted molar refractivity (Wildman–Crippen MR) is 117 cm³/mol. The predicted octanol–water partition coefficient (Wildman–Crippen LogP) is 4.40. The minimum atomic E-state index is -3.61. The number of sulfonamides is 1. The second-order valence-corrected chi connectivity index (χ2v) is 9.36. The third-order valence-corrected chi connectivity index (χ3v) is 7.76. The van der Waals surface area contributed by atoms with Crippen LogP contribution in [0.3, 0.4) is 0 Å². The molecule has 0 aliphatic carbocycles. The van der Waals surface area contributed by atoms with E-state index in [1.54, 1.807) is 32.9 Å². The molecule has 29 heavy (non-hydrogen) atoms. The van der Waals surface area contributed by atoms with Gasteiger partial charge in [0, 0.05) is 24.3 Å². The van der Waals surface area contributed by atoms with E-state index in [1.807, 2.05) is 30.3 Å². The molecule has 1 N–H and O–H groups in total. The molecule has 0 atom stereocenters. The second kappa shape index (κ2) is 8.86. The smallest absolute Gasteiger partial charge is 0.267 e. The van der Waals surface area contributed by atoms with Crippen molar-refractivity contribution in [3.63, 3.8) is 0 Å². The highest BCUT2D eigenvalue weighted by Gasteiger charge is 2.24. The van der Waals surface area contributed by atoms with Gasteiger partial charge in [-0.2, -0.15) is 4.31 Å². The summed E-state index contributed by atoms with van der Waals surface area (Å²) < 4.78 is 27.2. The van der Waals surface area contributed by atoms with Gasteiger partial charge in [0.1, 0.15) is 9.88 Å². The van der Waals surface area contributed by atoms with Crippen LogP contribution in [-0.4, -0.2) is 36.7 Å². The van der Waals surface area contributed by atoms with Crippen molar-refractivity contribution >= 4 is 33.0 Å². The van der Waals surface area contributed by atoms with E-state index in [2.05, 4.69) is 10.3 Å². The Morgan fingerprint density at radius 1 is 1.10 bits per heavy atom. The number of hydrogen-bond donors (Lipinski definition) is 1. The van der Waals surface area contributed by atoms with E-state index >= 15 is 0 Å². The number of aryl methyl sites for hydroxylation is 1. The Bertz CT molecular complexity index is 1110. The number of carbonyl (C=O) groups is 1. The van der Waals surface area contributed by atoms with E-state index < -0.39 is 10.0 Å². The van der Waals surface area contributed by atoms with Gasteiger partial charge in [0.2, 0.25) is 10.0 Å². The van der Waals surface area contributed by atoms with Crippen molar-refractivity contribution in [2.45, 2.75) is 25.7 Å². The lowest BCUT2D eigenvalue weighted by molar-refractivity contribution is 0.103. The lowest BCUT2D eigenvalue weighted by atomic mass is 10.2. The van der Waals surface area contributed by atoms with Crippen molar-refractivity contribution in [3.05, 3.63) is 65.2 Å². The summed E-state index contributed by atoms with van der Waals surface area (Å²) in [6.45, 7) is 6.12. The number of aromatic nitrogens is 1. The van der Waals surface area contributed by atoms with Gasteiger partial charge in [-0.3, -0.25) is 4.79 Å². The molecule has 0 aliphatic rings. The number of thiazole rings is 1. The summed E-state index contributed by atoms with van der Waals surface area (Å²) in [5, 5.41) is 3.54. The third kappa shape index (κ3) is 4.55. The van der Waals surface area contributed by atoms with Crippen molar-refractivity contribution in [1.82, 2.24) is 9.29 Å². The molecular formula is C21H23N3O3S2. The maximum Gasteiger partial charge on any atom is 0.267 e. The maximum atomic E-state index is 12.9. The lowest BCUT2D eigenvalue weighted by Gasteiger charge is -2.20. The Kier molecular flexibility index (Phi) is 6.46. The first-order chi connectivity index (χ1) is 13.9. The molecule has 0 unspecified atom stereocenters. The van der Waals surface area contributed by atoms with Gasteiger partial charge >= 0.3 is 0 Å². The number of benzene rings is 2. The summed E-state index contributed by atoms with van der Waals surface area (Å²) in [7, 11) is -3.61. The van der Waals surface area contributed by atoms with E-state index in [-0.39, 0.29) is 10.8 Å². The Balaban J connectivity index is 1.84. The van der Waals surface area contributed by atoms with E-state index in [9.17, 15) is 13.2 Å². The Morgan fingerprint density at radius 3 is 2.45 bits per heavy atom. The Hall–Kier alpha value is -2.55. The first-order valence-corrected chi connectivity index (χ1v) is 11.6. The summed E-state index contributed by atoms with van der Waals surface area (Å²) in [5.74, 6) is -0.320. The number of rotatable bonds is 7. The highest BCUT2D eigenvalue weighted by Crippen LogP contribution is 2.27. The fourth-order valence-electron chi connectivity index (χ4n) is 2.94. The average molecular weight is 430 g/mol. The molecule has 1 heterocycles. The van der Waals surface area contributed by atoms with Crippen molar-refractivity contribution in [3.8, 4) is 10.6 Å². The van der Waals surface area contributed by atoms with E-state index in [0.29, 0.717) is 29.2 Å². The number of nitrogens with one attached hydrogen (secondary N) is 1. The van der Waals surface area contributed by atoms with E-state index in [4.69, 9.17) is 0 Å². The molecule has 0 aliphatic heterocycles. The van der Waals surface area contributed by atoms with Crippen LogP contribution in [0.5, 0.6) is 0 Å². The van der Waals surface area contributed by atoms with E-state index in [0.717, 1.165) is 10.6 Å². The zero-order chi connectivity index (χ0) is 21.0. The van der Waals surface area contributed by atoms with Gasteiger partial charge in [0.25, 0.3) is 5.91 Å². The van der Waals surface area contributed by atoms with Crippen LogP contribution in [-0.2, 0) is 10.0 Å². The molecule has 0 fully saturated rings. The van der Waals surface area contributed by atoms with Gasteiger partial charge < -0.3 is 5.32 Å². The van der Waals surface area contributed by atoms with Gasteiger partial charge in [-0.1, -0.05) is 50.2 Å². The fourth-order valence-corrected chi connectivity index (χ4v) is 5.47. The Morgan fingerprint density at radius 2 is 1.79 bits per heavy atom. The van der Waals surface area contributed by atoms with Crippen molar-refractivity contribution in [2.75, 3.05) is 18.4 Å². The van der Waals surface area contributed by atoms with Crippen molar-refractivity contribution in [2.24, 2.45) is 0 Å². The summed E-state index contributed by atoms with van der Waals surface area (Å²) in [4.78, 5) is 17.6. The molecule has 0 bridgehead atoms. The van der Waals surface area contributed by atoms with E-state index in [1.165, 1.54) is 27.9 Å². The minimum absolute atomic E-state index is 0.202. The molecule has 0 radical (unpaired) electrons. The maximum absolute atomic E-state index is 12.9. The number of carbonyl (C=O) groups excluding carboxylic acids is 1. The molecule has 2 aromatic carbocycles. The summed E-state index contributed by atoms with van der Waals surface area (Å²) >= 11 is 1.29. The largest absolute Gasteiger partial charge is 0.321 e. The average Bonchev–Trinajstić information content (AvgIpc) is 3.21. The van der Waals surface area contributed by atoms with Crippen LogP contribution in [0.15, 0.2) is 59.6 Å². The topological polar surface area (TPSA) is 79.4 Å². The molecule has 8 heteroatoms. The van der Waals surface area contributed by atoms with Crippen LogP contribution < -0.4 is 5.32 Å². The van der Waals surface area contributed by atoms with Crippen molar-refractivity contribution < 1.29 is 13.2 Å². The molecule has 1 aromatic heterocycles. The minimum Gasteiger partial charge on any atom is -0.321 e. The van der Waals surface area contributed by atoms with Gasteiger partial charge in [0.05, 0.1) is 11.1 Å². The van der Waals surface area contributed by atoms with Gasteiger partial charge in [-0.15, -0.1) is 11.3 Å². The zero-order valence-corrected chi connectivity index (χ0v) is 18.2. The zero-order valence-electron chi connectivity index (χ0n) is 16.5. The first-order valence-electron chi connectivity index (χ1n) is 9.30. The van der Waals surface area contributed by atoms with Crippen LogP contribution in [0, 0.1) is 6.92 Å². The standard InChI is InChI=1S/C21H23N3O3S2/c1-4-24(5-2)29(26,27)19-13-17(12-11-15(19)3)23-20(25)18-14-22-21(28-18)16-9-7-6-8-10-16/h6-14H,4-5H2,1-3H3,(H,23,25). The molecule has 0 spiro atoms. The Labute approximate surface area is 175 Å². The highest BCUT2D eigenvalue weighted by molar-refractivity contribution is 7.89. The van der Waals surface area contributed by atoms with Gasteiger partial charge in [-0.05, 0) is 24.6 Å². The molecular weight excluding hydrogens is 406 g/mol. The monoisotopic (exact) mass is 429 g/mol. The van der Waals surface area contributed by atoms with Crippen LogP contribution in [0.4, 0.5) is 5.69 Å². The summed E-state index contributed by atoms with van der Waals surface area (Å²) in [6.07, 6.45) is 1.53. The second-order valence-electron chi connectivity index (χ2n) is 6.42. The van der Waals surface area contributed by atoms with Crippen LogP contribution >= 0.6 is 11.3 Å². The number of hydrogen-bond acceptors (Lipinski definition) is 5. The third-order valence-electron chi connectivity index (χ3n) is 4.52. The SMILES string of the molecule is CCN(CC)S(=O)(=O)c1cc(NC(=O)c2cnc(-c3ccccc3)s2)ccc1C. The highest BCUT2D eigenvalue weighted by atomic mass is 32.2. The van der Waals surface area contributed by atoms with Crippen LogP contribution in [0.1, 0.15) is 29.1 Å². The lowest BCUT2D eigenvalue weighted by Crippen LogP contribution is -2.31. The quantitative estimate of drug-likeness (QED) is 0.604. The van der Waals surface area contributed by atoms with Gasteiger partial charge in [0.15, 0.2) is 0 Å². The first kappa shape index (κ1) is 21.2. The summed E-state index contributed by atoms with van der Waals surface area (Å²) in [6, 6.07) is 14.5. The normalized spacial score (nSPS) is 11.6. The molecule has 6 nitrogen and oxygen atoms in total. The molecule has 0 saturated carbocycles. The molecule has 1 amide bonds. The molecule has 152 valence electrons. The number of anilines is 1. The fraction of sp³-hybridized carbons (Fsp3) is 0.238. The number of nitrogens with zero attached hydrogens (tertiary/aromatic N) is 2. The number of amides is 1. The van der Waals surface area contributed by atoms with Crippen LogP contribution in [0.25, 0.3) is 10.6 Å². The molecule has 0 saturated heterocycles. The van der Waals surface area contributed by atoms with Crippen molar-refractivity contribution in [1.29, 1.82) is 0 Å². The molecule has 3 aromatic rings. The van der Waals surface area contributed by atoms with Gasteiger partial charge in [-0.25, -0.2) is 13.4 Å². The molecule has 3 rings (SSSR count). The summed E-state index contributed by atoms with van der Waals surface area (Å²) in [5.41, 5.74) is 2.01.